The zero-order valence-electron chi connectivity index (χ0n) is 15.7. The zero-order valence-corrected chi connectivity index (χ0v) is 15.7. The van der Waals surface area contributed by atoms with Crippen molar-refractivity contribution in [3.8, 4) is 22.4 Å². The standard InChI is InChI=1S/C23H20N4O2/c24-23(11-4-12-23)17-9-7-16(8-10-17)20-18(15-5-2-1-3-6-15)13-27-14-19(21(28)29)25-22(27)26-20/h1-3,5-10,13-14H,4,11-12,24H2,(H,28,29). The van der Waals surface area contributed by atoms with Crippen molar-refractivity contribution in [3.63, 3.8) is 0 Å². The fourth-order valence-electron chi connectivity index (χ4n) is 3.88. The Morgan fingerprint density at radius 2 is 1.69 bits per heavy atom. The fraction of sp³-hybridized carbons (Fsp3) is 0.174. The minimum atomic E-state index is -1.07. The van der Waals surface area contributed by atoms with Crippen LogP contribution in [0.2, 0.25) is 0 Å². The van der Waals surface area contributed by atoms with Gasteiger partial charge < -0.3 is 10.8 Å². The van der Waals surface area contributed by atoms with E-state index < -0.39 is 5.97 Å². The molecule has 1 saturated carbocycles. The molecule has 6 heteroatoms. The number of nitrogens with zero attached hydrogens (tertiary/aromatic N) is 3. The third-order valence-electron chi connectivity index (χ3n) is 5.73. The van der Waals surface area contributed by atoms with Gasteiger partial charge >= 0.3 is 5.97 Å². The van der Waals surface area contributed by atoms with Crippen LogP contribution in [0.3, 0.4) is 0 Å². The van der Waals surface area contributed by atoms with E-state index >= 15 is 0 Å². The largest absolute Gasteiger partial charge is 0.476 e. The highest BCUT2D eigenvalue weighted by molar-refractivity contribution is 5.87. The summed E-state index contributed by atoms with van der Waals surface area (Å²) >= 11 is 0. The molecule has 0 unspecified atom stereocenters. The van der Waals surface area contributed by atoms with Gasteiger partial charge in [0.2, 0.25) is 5.78 Å². The lowest BCUT2D eigenvalue weighted by atomic mass is 9.72. The summed E-state index contributed by atoms with van der Waals surface area (Å²) in [5, 5.41) is 9.28. The summed E-state index contributed by atoms with van der Waals surface area (Å²) in [7, 11) is 0. The molecule has 1 fully saturated rings. The Morgan fingerprint density at radius 3 is 2.31 bits per heavy atom. The van der Waals surface area contributed by atoms with Crippen molar-refractivity contribution in [2.75, 3.05) is 0 Å². The van der Waals surface area contributed by atoms with Crippen molar-refractivity contribution in [1.82, 2.24) is 14.4 Å². The number of hydrogen-bond acceptors (Lipinski definition) is 4. The van der Waals surface area contributed by atoms with Gasteiger partial charge in [-0.2, -0.15) is 0 Å². The van der Waals surface area contributed by atoms with Crippen LogP contribution in [0.4, 0.5) is 0 Å². The van der Waals surface area contributed by atoms with Gasteiger partial charge in [0.1, 0.15) is 0 Å². The van der Waals surface area contributed by atoms with Crippen molar-refractivity contribution < 1.29 is 9.90 Å². The molecule has 0 atom stereocenters. The first-order valence-corrected chi connectivity index (χ1v) is 9.62. The van der Waals surface area contributed by atoms with E-state index in [1.807, 2.05) is 48.7 Å². The van der Waals surface area contributed by atoms with Gasteiger partial charge in [0.25, 0.3) is 0 Å². The van der Waals surface area contributed by atoms with E-state index in [4.69, 9.17) is 10.7 Å². The molecule has 3 N–H and O–H groups in total. The van der Waals surface area contributed by atoms with Crippen molar-refractivity contribution in [3.05, 3.63) is 78.2 Å². The molecule has 1 aliphatic carbocycles. The number of carboxylic acids is 1. The van der Waals surface area contributed by atoms with Crippen LogP contribution in [0.5, 0.6) is 0 Å². The predicted octanol–water partition coefficient (Wildman–Crippen LogP) is 4.10. The van der Waals surface area contributed by atoms with E-state index in [1.54, 1.807) is 4.40 Å². The molecule has 0 aliphatic heterocycles. The van der Waals surface area contributed by atoms with E-state index in [0.29, 0.717) is 5.78 Å². The number of aromatic nitrogens is 3. The van der Waals surface area contributed by atoms with Gasteiger partial charge in [0.05, 0.1) is 5.69 Å². The smallest absolute Gasteiger partial charge is 0.356 e. The lowest BCUT2D eigenvalue weighted by Gasteiger charge is -2.38. The fourth-order valence-corrected chi connectivity index (χ4v) is 3.88. The Kier molecular flexibility index (Phi) is 3.96. The second-order valence-corrected chi connectivity index (χ2v) is 7.59. The van der Waals surface area contributed by atoms with Crippen LogP contribution in [0.15, 0.2) is 67.0 Å². The SMILES string of the molecule is NC1(c2ccc(-c3nc4nc(C(=O)O)cn4cc3-c3ccccc3)cc2)CCC1. The topological polar surface area (TPSA) is 93.5 Å². The average Bonchev–Trinajstić information content (AvgIpc) is 3.15. The Bertz CT molecular complexity index is 1210. The molecule has 6 nitrogen and oxygen atoms in total. The Hall–Kier alpha value is -3.51. The molecule has 2 heterocycles. The number of hydrogen-bond donors (Lipinski definition) is 2. The molecule has 0 amide bonds. The van der Waals surface area contributed by atoms with Crippen molar-refractivity contribution in [2.24, 2.45) is 5.73 Å². The lowest BCUT2D eigenvalue weighted by molar-refractivity contribution is 0.0691. The highest BCUT2D eigenvalue weighted by Gasteiger charge is 2.34. The van der Waals surface area contributed by atoms with Gasteiger partial charge in [-0.25, -0.2) is 14.8 Å². The van der Waals surface area contributed by atoms with Crippen LogP contribution in [-0.4, -0.2) is 25.4 Å². The van der Waals surface area contributed by atoms with Crippen LogP contribution in [-0.2, 0) is 5.54 Å². The first kappa shape index (κ1) is 17.6. The van der Waals surface area contributed by atoms with Gasteiger partial charge in [0, 0.05) is 29.1 Å². The molecule has 4 aromatic rings. The summed E-state index contributed by atoms with van der Waals surface area (Å²) < 4.78 is 1.66. The number of rotatable bonds is 4. The molecular formula is C23H20N4O2. The van der Waals surface area contributed by atoms with E-state index in [1.165, 1.54) is 12.6 Å². The Balaban J connectivity index is 1.67. The number of fused-ring (bicyclic) bond motifs is 1. The second kappa shape index (κ2) is 6.53. The average molecular weight is 384 g/mol. The Morgan fingerprint density at radius 1 is 0.966 bits per heavy atom. The molecule has 144 valence electrons. The maximum absolute atomic E-state index is 11.3. The summed E-state index contributed by atoms with van der Waals surface area (Å²) in [4.78, 5) is 20.2. The third-order valence-corrected chi connectivity index (χ3v) is 5.73. The monoisotopic (exact) mass is 384 g/mol. The summed E-state index contributed by atoms with van der Waals surface area (Å²) in [6.45, 7) is 0. The van der Waals surface area contributed by atoms with Gasteiger partial charge in [-0.05, 0) is 30.4 Å². The molecule has 5 rings (SSSR count). The minimum Gasteiger partial charge on any atom is -0.476 e. The summed E-state index contributed by atoms with van der Waals surface area (Å²) in [6.07, 6.45) is 6.56. The highest BCUT2D eigenvalue weighted by atomic mass is 16.4. The highest BCUT2D eigenvalue weighted by Crippen LogP contribution is 2.39. The van der Waals surface area contributed by atoms with Crippen LogP contribution >= 0.6 is 0 Å². The van der Waals surface area contributed by atoms with Gasteiger partial charge in [-0.3, -0.25) is 4.40 Å². The number of benzene rings is 2. The first-order chi connectivity index (χ1) is 14.0. The number of carboxylic acid groups (broad SMARTS) is 1. The quantitative estimate of drug-likeness (QED) is 0.552. The van der Waals surface area contributed by atoms with Gasteiger partial charge in [0.15, 0.2) is 5.69 Å². The normalized spacial score (nSPS) is 15.2. The summed E-state index contributed by atoms with van der Waals surface area (Å²) in [5.74, 6) is -0.716. The molecule has 29 heavy (non-hydrogen) atoms. The maximum Gasteiger partial charge on any atom is 0.356 e. The number of imidazole rings is 1. The molecule has 2 aromatic heterocycles. The Labute approximate surface area is 167 Å². The van der Waals surface area contributed by atoms with Crippen LogP contribution in [0.25, 0.3) is 28.2 Å². The van der Waals surface area contributed by atoms with E-state index in [2.05, 4.69) is 17.1 Å². The third kappa shape index (κ3) is 2.98. The second-order valence-electron chi connectivity index (χ2n) is 7.59. The van der Waals surface area contributed by atoms with Gasteiger partial charge in [-0.15, -0.1) is 0 Å². The van der Waals surface area contributed by atoms with Crippen molar-refractivity contribution in [2.45, 2.75) is 24.8 Å². The number of nitrogens with two attached hydrogens (primary N) is 1. The lowest BCUT2D eigenvalue weighted by Crippen LogP contribution is -2.43. The molecule has 0 bridgehead atoms. The molecule has 0 spiro atoms. The van der Waals surface area contributed by atoms with Crippen LogP contribution in [0.1, 0.15) is 35.3 Å². The van der Waals surface area contributed by atoms with E-state index in [-0.39, 0.29) is 11.2 Å². The first-order valence-electron chi connectivity index (χ1n) is 9.62. The minimum absolute atomic E-state index is 0.0286. The van der Waals surface area contributed by atoms with Crippen molar-refractivity contribution >= 4 is 11.7 Å². The van der Waals surface area contributed by atoms with E-state index in [9.17, 15) is 9.90 Å². The molecule has 1 aliphatic rings. The molecular weight excluding hydrogens is 364 g/mol. The van der Waals surface area contributed by atoms with Crippen molar-refractivity contribution in [1.29, 1.82) is 0 Å². The number of aromatic carboxylic acids is 1. The summed E-state index contributed by atoms with van der Waals surface area (Å²) in [6, 6.07) is 18.1. The molecule has 0 saturated heterocycles. The summed E-state index contributed by atoms with van der Waals surface area (Å²) in [5.41, 5.74) is 11.0. The number of carbonyl (C=O) groups is 1. The molecule has 2 aromatic carbocycles. The molecule has 0 radical (unpaired) electrons. The maximum atomic E-state index is 11.3. The zero-order chi connectivity index (χ0) is 20.0. The van der Waals surface area contributed by atoms with Crippen LogP contribution < -0.4 is 5.73 Å². The predicted molar refractivity (Wildman–Crippen MR) is 111 cm³/mol. The van der Waals surface area contributed by atoms with Gasteiger partial charge in [-0.1, -0.05) is 54.6 Å². The van der Waals surface area contributed by atoms with E-state index in [0.717, 1.165) is 40.8 Å². The van der Waals surface area contributed by atoms with Crippen LogP contribution in [0, 0.1) is 0 Å².